The zero-order valence-corrected chi connectivity index (χ0v) is 10.6. The molecule has 0 nitrogen and oxygen atoms in total. The molecular weight excluding hydrogens is 204 g/mol. The molecule has 0 saturated carbocycles. The Morgan fingerprint density at radius 2 is 1.12 bits per heavy atom. The predicted molar refractivity (Wildman–Crippen MR) is 72.6 cm³/mol. The molecule has 2 aromatic carbocycles. The number of aryl methyl sites for hydroxylation is 4. The smallest absolute Gasteiger partial charge is 0.00203 e. The molecule has 3 rings (SSSR count). The number of fused-ring (bicyclic) bond motifs is 2. The summed E-state index contributed by atoms with van der Waals surface area (Å²) in [6, 6.07) is 13.8. The molecule has 0 radical (unpaired) electrons. The molecule has 0 unspecified atom stereocenters. The van der Waals surface area contributed by atoms with E-state index in [2.05, 4.69) is 50.2 Å². The third kappa shape index (κ3) is 2.00. The Balaban J connectivity index is 2.07. The van der Waals surface area contributed by atoms with Gasteiger partial charge in [-0.25, -0.2) is 0 Å². The van der Waals surface area contributed by atoms with Crippen LogP contribution in [0.4, 0.5) is 0 Å². The van der Waals surface area contributed by atoms with Crippen LogP contribution in [-0.2, 0) is 19.3 Å². The fourth-order valence-corrected chi connectivity index (χ4v) is 2.79. The lowest BCUT2D eigenvalue weighted by Gasteiger charge is -2.07. The van der Waals surface area contributed by atoms with E-state index in [0.717, 1.165) is 6.42 Å². The molecule has 0 atom stereocenters. The van der Waals surface area contributed by atoms with Gasteiger partial charge in [0.05, 0.1) is 0 Å². The van der Waals surface area contributed by atoms with Crippen molar-refractivity contribution in [2.45, 2.75) is 33.1 Å². The van der Waals surface area contributed by atoms with E-state index >= 15 is 0 Å². The van der Waals surface area contributed by atoms with Crippen LogP contribution in [0.5, 0.6) is 0 Å². The summed E-state index contributed by atoms with van der Waals surface area (Å²) in [5, 5.41) is 0. The van der Waals surface area contributed by atoms with Crippen molar-refractivity contribution < 1.29 is 0 Å². The van der Waals surface area contributed by atoms with Crippen LogP contribution < -0.4 is 0 Å². The van der Waals surface area contributed by atoms with Gasteiger partial charge >= 0.3 is 0 Å². The van der Waals surface area contributed by atoms with E-state index in [0.29, 0.717) is 0 Å². The summed E-state index contributed by atoms with van der Waals surface area (Å²) in [6.45, 7) is 4.37. The van der Waals surface area contributed by atoms with Crippen molar-refractivity contribution in [3.05, 3.63) is 69.8 Å². The first-order chi connectivity index (χ1) is 8.22. The zero-order valence-electron chi connectivity index (χ0n) is 10.6. The van der Waals surface area contributed by atoms with Crippen LogP contribution in [0.25, 0.3) is 0 Å². The molecule has 0 aliphatic heterocycles. The van der Waals surface area contributed by atoms with E-state index in [1.807, 2.05) is 0 Å². The van der Waals surface area contributed by atoms with Crippen molar-refractivity contribution in [2.75, 3.05) is 0 Å². The summed E-state index contributed by atoms with van der Waals surface area (Å²) in [5.74, 6) is 0. The largest absolute Gasteiger partial charge is 0.0590 e. The Morgan fingerprint density at radius 1 is 0.647 bits per heavy atom. The summed E-state index contributed by atoms with van der Waals surface area (Å²) in [5.41, 5.74) is 8.87. The summed E-state index contributed by atoms with van der Waals surface area (Å²) >= 11 is 0. The Kier molecular flexibility index (Phi) is 2.51. The van der Waals surface area contributed by atoms with Crippen LogP contribution in [0, 0.1) is 13.8 Å². The summed E-state index contributed by atoms with van der Waals surface area (Å²) < 4.78 is 0. The van der Waals surface area contributed by atoms with Gasteiger partial charge in [-0.1, -0.05) is 47.5 Å². The first kappa shape index (κ1) is 10.6. The van der Waals surface area contributed by atoms with Crippen LogP contribution in [-0.4, -0.2) is 0 Å². The first-order valence-electron chi connectivity index (χ1n) is 6.39. The first-order valence-corrected chi connectivity index (χ1v) is 6.39. The summed E-state index contributed by atoms with van der Waals surface area (Å²) in [7, 11) is 0. The van der Waals surface area contributed by atoms with Gasteiger partial charge < -0.3 is 0 Å². The molecule has 86 valence electrons. The SMILES string of the molecule is Cc1ccc2c(c1)CCc1cc(C)ccc1C2. The van der Waals surface area contributed by atoms with Gasteiger partial charge in [-0.3, -0.25) is 0 Å². The van der Waals surface area contributed by atoms with E-state index in [1.54, 1.807) is 11.1 Å². The van der Waals surface area contributed by atoms with Crippen LogP contribution >= 0.6 is 0 Å². The van der Waals surface area contributed by atoms with E-state index in [-0.39, 0.29) is 0 Å². The van der Waals surface area contributed by atoms with Crippen molar-refractivity contribution in [3.8, 4) is 0 Å². The molecule has 1 aliphatic rings. The predicted octanol–water partition coefficient (Wildman–Crippen LogP) is 3.99. The molecule has 0 saturated heterocycles. The minimum atomic E-state index is 1.10. The highest BCUT2D eigenvalue weighted by atomic mass is 14.2. The molecule has 0 heteroatoms. The normalized spacial score (nSPS) is 13.8. The molecule has 0 N–H and O–H groups in total. The minimum Gasteiger partial charge on any atom is -0.0590 e. The van der Waals surface area contributed by atoms with Crippen molar-refractivity contribution >= 4 is 0 Å². The fourth-order valence-electron chi connectivity index (χ4n) is 2.79. The quantitative estimate of drug-likeness (QED) is 0.632. The molecule has 0 spiro atoms. The van der Waals surface area contributed by atoms with E-state index in [4.69, 9.17) is 0 Å². The molecular formula is C17H18. The molecule has 0 amide bonds. The highest BCUT2D eigenvalue weighted by molar-refractivity contribution is 5.42. The van der Waals surface area contributed by atoms with Crippen LogP contribution in [0.3, 0.4) is 0 Å². The molecule has 2 aromatic rings. The van der Waals surface area contributed by atoms with Gasteiger partial charge in [-0.2, -0.15) is 0 Å². The number of benzene rings is 2. The Morgan fingerprint density at radius 3 is 1.59 bits per heavy atom. The highest BCUT2D eigenvalue weighted by Gasteiger charge is 2.12. The Labute approximate surface area is 103 Å². The average Bonchev–Trinajstić information content (AvgIpc) is 2.48. The van der Waals surface area contributed by atoms with E-state index in [1.165, 1.54) is 35.1 Å². The standard InChI is InChI=1S/C17H18/c1-12-3-5-16-11-17-6-4-13(2)10-15(17)8-7-14(16)9-12/h3-6,9-10H,7-8,11H2,1-2H3. The molecule has 0 fully saturated rings. The monoisotopic (exact) mass is 222 g/mol. The maximum atomic E-state index is 2.36. The molecule has 0 aromatic heterocycles. The topological polar surface area (TPSA) is 0 Å². The van der Waals surface area contributed by atoms with Gasteiger partial charge in [0.15, 0.2) is 0 Å². The number of rotatable bonds is 0. The van der Waals surface area contributed by atoms with Crippen molar-refractivity contribution in [2.24, 2.45) is 0 Å². The van der Waals surface area contributed by atoms with Gasteiger partial charge in [-0.05, 0) is 55.4 Å². The lowest BCUT2D eigenvalue weighted by atomic mass is 9.98. The molecule has 0 heterocycles. The molecule has 1 aliphatic carbocycles. The second-order valence-electron chi connectivity index (χ2n) is 5.22. The van der Waals surface area contributed by atoms with Crippen molar-refractivity contribution in [1.29, 1.82) is 0 Å². The van der Waals surface area contributed by atoms with Crippen LogP contribution in [0.2, 0.25) is 0 Å². The average molecular weight is 222 g/mol. The van der Waals surface area contributed by atoms with Crippen LogP contribution in [0.1, 0.15) is 33.4 Å². The highest BCUT2D eigenvalue weighted by Crippen LogP contribution is 2.25. The van der Waals surface area contributed by atoms with Crippen molar-refractivity contribution in [1.82, 2.24) is 0 Å². The van der Waals surface area contributed by atoms with Crippen LogP contribution in [0.15, 0.2) is 36.4 Å². The van der Waals surface area contributed by atoms with Gasteiger partial charge in [-0.15, -0.1) is 0 Å². The second-order valence-corrected chi connectivity index (χ2v) is 5.22. The second kappa shape index (κ2) is 4.03. The zero-order chi connectivity index (χ0) is 11.8. The lowest BCUT2D eigenvalue weighted by molar-refractivity contribution is 0.961. The van der Waals surface area contributed by atoms with Gasteiger partial charge in [0.25, 0.3) is 0 Å². The molecule has 0 bridgehead atoms. The lowest BCUT2D eigenvalue weighted by Crippen LogP contribution is -1.93. The summed E-state index contributed by atoms with van der Waals surface area (Å²) in [4.78, 5) is 0. The Hall–Kier alpha value is -1.56. The number of hydrogen-bond acceptors (Lipinski definition) is 0. The molecule has 17 heavy (non-hydrogen) atoms. The maximum absolute atomic E-state index is 2.36. The van der Waals surface area contributed by atoms with Gasteiger partial charge in [0, 0.05) is 0 Å². The third-order valence-electron chi connectivity index (χ3n) is 3.77. The fraction of sp³-hybridized carbons (Fsp3) is 0.294. The minimum absolute atomic E-state index is 1.10. The van der Waals surface area contributed by atoms with Gasteiger partial charge in [0.2, 0.25) is 0 Å². The van der Waals surface area contributed by atoms with Gasteiger partial charge in [0.1, 0.15) is 0 Å². The number of hydrogen-bond donors (Lipinski definition) is 0. The van der Waals surface area contributed by atoms with E-state index in [9.17, 15) is 0 Å². The Bertz CT molecular complexity index is 513. The summed E-state index contributed by atoms with van der Waals surface area (Å²) in [6.07, 6.45) is 3.48. The maximum Gasteiger partial charge on any atom is -0.00203 e. The van der Waals surface area contributed by atoms with E-state index < -0.39 is 0 Å². The van der Waals surface area contributed by atoms with Crippen molar-refractivity contribution in [3.63, 3.8) is 0 Å². The third-order valence-corrected chi connectivity index (χ3v) is 3.77.